The van der Waals surface area contributed by atoms with Gasteiger partial charge < -0.3 is 10.2 Å². The lowest BCUT2D eigenvalue weighted by atomic mass is 9.96. The van der Waals surface area contributed by atoms with Crippen molar-refractivity contribution in [2.45, 2.75) is 43.9 Å². The van der Waals surface area contributed by atoms with E-state index in [2.05, 4.69) is 10.2 Å². The van der Waals surface area contributed by atoms with Gasteiger partial charge in [0, 0.05) is 44.8 Å². The molecule has 2 heterocycles. The van der Waals surface area contributed by atoms with Gasteiger partial charge in [-0.2, -0.15) is 4.31 Å². The normalized spacial score (nSPS) is 19.7. The smallest absolute Gasteiger partial charge is 0.243 e. The van der Waals surface area contributed by atoms with Crippen LogP contribution in [0.25, 0.3) is 0 Å². The molecular weight excluding hydrogens is 350 g/mol. The van der Waals surface area contributed by atoms with Gasteiger partial charge in [0.15, 0.2) is 0 Å². The Morgan fingerprint density at radius 3 is 2.27 bits per heavy atom. The van der Waals surface area contributed by atoms with Crippen molar-refractivity contribution >= 4 is 21.6 Å². The molecule has 0 atom stereocenters. The minimum Gasteiger partial charge on any atom is -0.372 e. The number of hydrogen-bond donors (Lipinski definition) is 1. The number of amides is 1. The van der Waals surface area contributed by atoms with E-state index in [9.17, 15) is 13.2 Å². The molecular formula is C19H29N3O3S. The molecule has 0 aliphatic carbocycles. The SMILES string of the molecule is CCC(=O)NCC1CCN(c2ccc(S(=O)(=O)N3CCCC3)cc2)CC1. The molecule has 144 valence electrons. The molecule has 0 bridgehead atoms. The molecule has 1 aromatic carbocycles. The number of nitrogens with one attached hydrogen (secondary N) is 1. The number of piperidine rings is 1. The molecule has 0 spiro atoms. The zero-order chi connectivity index (χ0) is 18.6. The van der Waals surface area contributed by atoms with Crippen molar-refractivity contribution in [3.63, 3.8) is 0 Å². The quantitative estimate of drug-likeness (QED) is 0.823. The molecule has 1 aromatic rings. The summed E-state index contributed by atoms with van der Waals surface area (Å²) >= 11 is 0. The number of carbonyl (C=O) groups is 1. The third kappa shape index (κ3) is 4.38. The second-order valence-corrected chi connectivity index (χ2v) is 9.13. The van der Waals surface area contributed by atoms with Crippen LogP contribution in [0.5, 0.6) is 0 Å². The largest absolute Gasteiger partial charge is 0.372 e. The number of sulfonamides is 1. The molecule has 0 aromatic heterocycles. The average molecular weight is 380 g/mol. The van der Waals surface area contributed by atoms with E-state index in [-0.39, 0.29) is 5.91 Å². The Morgan fingerprint density at radius 1 is 1.08 bits per heavy atom. The molecule has 0 saturated carbocycles. The highest BCUT2D eigenvalue weighted by atomic mass is 32.2. The van der Waals surface area contributed by atoms with E-state index in [1.165, 1.54) is 0 Å². The van der Waals surface area contributed by atoms with Gasteiger partial charge in [0.25, 0.3) is 0 Å². The fourth-order valence-electron chi connectivity index (χ4n) is 3.68. The van der Waals surface area contributed by atoms with Gasteiger partial charge in [-0.3, -0.25) is 4.79 Å². The van der Waals surface area contributed by atoms with Crippen molar-refractivity contribution in [3.05, 3.63) is 24.3 Å². The van der Waals surface area contributed by atoms with E-state index < -0.39 is 10.0 Å². The highest BCUT2D eigenvalue weighted by molar-refractivity contribution is 7.89. The van der Waals surface area contributed by atoms with Crippen LogP contribution in [0.1, 0.15) is 39.0 Å². The van der Waals surface area contributed by atoms with Crippen molar-refractivity contribution in [3.8, 4) is 0 Å². The van der Waals surface area contributed by atoms with E-state index >= 15 is 0 Å². The highest BCUT2D eigenvalue weighted by Gasteiger charge is 2.27. The maximum atomic E-state index is 12.6. The topological polar surface area (TPSA) is 69.7 Å². The molecule has 26 heavy (non-hydrogen) atoms. The molecule has 2 aliphatic heterocycles. The highest BCUT2D eigenvalue weighted by Crippen LogP contribution is 2.26. The van der Waals surface area contributed by atoms with Gasteiger partial charge in [-0.1, -0.05) is 6.92 Å². The summed E-state index contributed by atoms with van der Waals surface area (Å²) in [5.41, 5.74) is 1.07. The van der Waals surface area contributed by atoms with E-state index in [1.54, 1.807) is 16.4 Å². The van der Waals surface area contributed by atoms with Gasteiger partial charge in [0.2, 0.25) is 15.9 Å². The predicted octanol–water partition coefficient (Wildman–Crippen LogP) is 2.21. The summed E-state index contributed by atoms with van der Waals surface area (Å²) in [7, 11) is -3.34. The molecule has 2 fully saturated rings. The number of hydrogen-bond acceptors (Lipinski definition) is 4. The lowest BCUT2D eigenvalue weighted by Crippen LogP contribution is -2.38. The van der Waals surface area contributed by atoms with Crippen LogP contribution in [-0.2, 0) is 14.8 Å². The molecule has 1 N–H and O–H groups in total. The van der Waals surface area contributed by atoms with Crippen molar-refractivity contribution in [1.29, 1.82) is 0 Å². The summed E-state index contributed by atoms with van der Waals surface area (Å²) in [4.78, 5) is 14.1. The van der Waals surface area contributed by atoms with Crippen molar-refractivity contribution in [2.75, 3.05) is 37.6 Å². The Kier molecular flexibility index (Phi) is 6.19. The third-order valence-electron chi connectivity index (χ3n) is 5.43. The number of nitrogens with zero attached hydrogens (tertiary/aromatic N) is 2. The molecule has 6 nitrogen and oxygen atoms in total. The predicted molar refractivity (Wildman–Crippen MR) is 103 cm³/mol. The molecule has 2 aliphatic rings. The Labute approximate surface area is 156 Å². The van der Waals surface area contributed by atoms with Crippen molar-refractivity contribution in [2.24, 2.45) is 5.92 Å². The van der Waals surface area contributed by atoms with Crippen LogP contribution >= 0.6 is 0 Å². The van der Waals surface area contributed by atoms with Crippen molar-refractivity contribution in [1.82, 2.24) is 9.62 Å². The first kappa shape index (κ1) is 19.2. The second-order valence-electron chi connectivity index (χ2n) is 7.19. The van der Waals surface area contributed by atoms with Gasteiger partial charge in [0.05, 0.1) is 4.90 Å². The van der Waals surface area contributed by atoms with Crippen LogP contribution < -0.4 is 10.2 Å². The van der Waals surface area contributed by atoms with Gasteiger partial charge in [-0.05, 0) is 55.9 Å². The summed E-state index contributed by atoms with van der Waals surface area (Å²) in [6, 6.07) is 7.30. The molecule has 2 saturated heterocycles. The maximum absolute atomic E-state index is 12.6. The van der Waals surface area contributed by atoms with Gasteiger partial charge >= 0.3 is 0 Å². The second kappa shape index (κ2) is 8.39. The van der Waals surface area contributed by atoms with Crippen LogP contribution in [0.4, 0.5) is 5.69 Å². The van der Waals surface area contributed by atoms with Crippen LogP contribution in [0.15, 0.2) is 29.2 Å². The summed E-state index contributed by atoms with van der Waals surface area (Å²) in [5.74, 6) is 0.638. The van der Waals surface area contributed by atoms with Crippen molar-refractivity contribution < 1.29 is 13.2 Å². The number of benzene rings is 1. The average Bonchev–Trinajstić information content (AvgIpc) is 3.22. The Balaban J connectivity index is 1.56. The summed E-state index contributed by atoms with van der Waals surface area (Å²) in [6.07, 6.45) is 4.51. The lowest BCUT2D eigenvalue weighted by molar-refractivity contribution is -0.120. The Bertz CT molecular complexity index is 704. The first-order valence-corrected chi connectivity index (χ1v) is 11.1. The lowest BCUT2D eigenvalue weighted by Gasteiger charge is -2.33. The fraction of sp³-hybridized carbons (Fsp3) is 0.632. The van der Waals surface area contributed by atoms with Gasteiger partial charge in [0.1, 0.15) is 0 Å². The van der Waals surface area contributed by atoms with Crippen LogP contribution in [0.2, 0.25) is 0 Å². The summed E-state index contributed by atoms with van der Waals surface area (Å²) < 4.78 is 26.8. The number of carbonyl (C=O) groups excluding carboxylic acids is 1. The molecule has 0 radical (unpaired) electrons. The number of anilines is 1. The summed E-state index contributed by atoms with van der Waals surface area (Å²) in [6.45, 7) is 5.76. The maximum Gasteiger partial charge on any atom is 0.243 e. The van der Waals surface area contributed by atoms with E-state index in [0.717, 1.165) is 51.0 Å². The zero-order valence-corrected chi connectivity index (χ0v) is 16.3. The zero-order valence-electron chi connectivity index (χ0n) is 15.5. The van der Waals surface area contributed by atoms with E-state index in [1.807, 2.05) is 19.1 Å². The number of rotatable bonds is 6. The molecule has 1 amide bonds. The fourth-order valence-corrected chi connectivity index (χ4v) is 5.20. The van der Waals surface area contributed by atoms with Crippen LogP contribution in [-0.4, -0.2) is 51.4 Å². The van der Waals surface area contributed by atoms with Gasteiger partial charge in [-0.15, -0.1) is 0 Å². The molecule has 0 unspecified atom stereocenters. The minimum absolute atomic E-state index is 0.113. The Hall–Kier alpha value is -1.60. The van der Waals surface area contributed by atoms with Gasteiger partial charge in [-0.25, -0.2) is 8.42 Å². The summed E-state index contributed by atoms with van der Waals surface area (Å²) in [5, 5.41) is 2.98. The van der Waals surface area contributed by atoms with E-state index in [4.69, 9.17) is 0 Å². The minimum atomic E-state index is -3.34. The molecule has 7 heteroatoms. The first-order chi connectivity index (χ1) is 12.5. The standard InChI is InChI=1S/C19H29N3O3S/c1-2-19(23)20-15-16-9-13-21(14-10-16)17-5-7-18(8-6-17)26(24,25)22-11-3-4-12-22/h5-8,16H,2-4,9-15H2,1H3,(H,20,23). The molecule has 3 rings (SSSR count). The van der Waals surface area contributed by atoms with E-state index in [0.29, 0.717) is 30.3 Å². The monoisotopic (exact) mass is 379 g/mol. The van der Waals surface area contributed by atoms with Crippen LogP contribution in [0, 0.1) is 5.92 Å². The Morgan fingerprint density at radius 2 is 1.69 bits per heavy atom. The van der Waals surface area contributed by atoms with Crippen LogP contribution in [0.3, 0.4) is 0 Å². The third-order valence-corrected chi connectivity index (χ3v) is 7.34. The first-order valence-electron chi connectivity index (χ1n) is 9.62.